The molecule has 0 saturated carbocycles. The Morgan fingerprint density at radius 2 is 2.00 bits per heavy atom. The zero-order chi connectivity index (χ0) is 21.6. The number of benzene rings is 2. The van der Waals surface area contributed by atoms with Crippen molar-refractivity contribution in [1.29, 1.82) is 0 Å². The number of fused-ring (bicyclic) bond motifs is 1. The lowest BCUT2D eigenvalue weighted by molar-refractivity contribution is -0.128. The van der Waals surface area contributed by atoms with Crippen LogP contribution in [0.5, 0.6) is 0 Å². The molecule has 3 aliphatic rings. The molecule has 2 fully saturated rings. The van der Waals surface area contributed by atoms with Crippen LogP contribution >= 0.6 is 0 Å². The molecular formula is C24H22N2O5. The molecule has 0 radical (unpaired) electrons. The maximum Gasteiger partial charge on any atom is 0.338 e. The molecule has 2 saturated heterocycles. The minimum Gasteiger partial charge on any atom is -0.462 e. The fraction of sp³-hybridized carbons (Fsp3) is 0.292. The fourth-order valence-corrected chi connectivity index (χ4v) is 4.79. The van der Waals surface area contributed by atoms with Gasteiger partial charge in [-0.1, -0.05) is 36.4 Å². The molecule has 1 spiro atoms. The number of carbonyl (C=O) groups is 3. The van der Waals surface area contributed by atoms with Gasteiger partial charge in [0.05, 0.1) is 36.7 Å². The summed E-state index contributed by atoms with van der Waals surface area (Å²) in [7, 11) is 0. The number of anilines is 2. The SMILES string of the molecule is CCOC(=O)c1cccc(NC(=O)C2C3C=C[C@]4(CN(c5ccccc5)C(=O)C24)O3)c1. The summed E-state index contributed by atoms with van der Waals surface area (Å²) in [5, 5.41) is 2.86. The second-order valence-corrected chi connectivity index (χ2v) is 7.95. The monoisotopic (exact) mass is 418 g/mol. The number of hydrogen-bond acceptors (Lipinski definition) is 5. The van der Waals surface area contributed by atoms with Gasteiger partial charge >= 0.3 is 5.97 Å². The summed E-state index contributed by atoms with van der Waals surface area (Å²) in [5.74, 6) is -2.09. The smallest absolute Gasteiger partial charge is 0.338 e. The highest BCUT2D eigenvalue weighted by atomic mass is 16.5. The Morgan fingerprint density at radius 3 is 2.77 bits per heavy atom. The van der Waals surface area contributed by atoms with Crippen LogP contribution in [0.3, 0.4) is 0 Å². The molecule has 7 heteroatoms. The lowest BCUT2D eigenvalue weighted by Crippen LogP contribution is -2.41. The predicted octanol–water partition coefficient (Wildman–Crippen LogP) is 2.79. The summed E-state index contributed by atoms with van der Waals surface area (Å²) < 4.78 is 11.2. The summed E-state index contributed by atoms with van der Waals surface area (Å²) in [6.07, 6.45) is 3.35. The van der Waals surface area contributed by atoms with Gasteiger partial charge in [-0.25, -0.2) is 4.79 Å². The van der Waals surface area contributed by atoms with Gasteiger partial charge in [-0.15, -0.1) is 0 Å². The van der Waals surface area contributed by atoms with Crippen LogP contribution in [-0.4, -0.2) is 42.6 Å². The zero-order valence-electron chi connectivity index (χ0n) is 17.0. The van der Waals surface area contributed by atoms with Crippen molar-refractivity contribution in [2.24, 2.45) is 11.8 Å². The normalized spacial score (nSPS) is 28.0. The van der Waals surface area contributed by atoms with Crippen LogP contribution in [0, 0.1) is 11.8 Å². The minimum atomic E-state index is -0.785. The van der Waals surface area contributed by atoms with Crippen LogP contribution in [0.15, 0.2) is 66.7 Å². The number of rotatable bonds is 5. The van der Waals surface area contributed by atoms with E-state index in [-0.39, 0.29) is 18.4 Å². The highest BCUT2D eigenvalue weighted by Crippen LogP contribution is 2.52. The van der Waals surface area contributed by atoms with E-state index in [4.69, 9.17) is 9.47 Å². The molecule has 2 bridgehead atoms. The fourth-order valence-electron chi connectivity index (χ4n) is 4.79. The summed E-state index contributed by atoms with van der Waals surface area (Å²) in [6, 6.07) is 16.0. The van der Waals surface area contributed by atoms with Crippen molar-refractivity contribution in [3.8, 4) is 0 Å². The number of nitrogens with zero attached hydrogens (tertiary/aromatic N) is 1. The molecular weight excluding hydrogens is 396 g/mol. The van der Waals surface area contributed by atoms with Crippen LogP contribution in [-0.2, 0) is 19.1 Å². The first-order chi connectivity index (χ1) is 15.0. The van der Waals surface area contributed by atoms with E-state index >= 15 is 0 Å². The molecule has 158 valence electrons. The molecule has 0 aromatic heterocycles. The van der Waals surface area contributed by atoms with Gasteiger partial charge in [0.1, 0.15) is 5.60 Å². The van der Waals surface area contributed by atoms with E-state index in [1.54, 1.807) is 36.1 Å². The first kappa shape index (κ1) is 19.5. The van der Waals surface area contributed by atoms with Gasteiger partial charge in [0.15, 0.2) is 0 Å². The molecule has 3 unspecified atom stereocenters. The molecule has 7 nitrogen and oxygen atoms in total. The average Bonchev–Trinajstić information content (AvgIpc) is 3.43. The van der Waals surface area contributed by atoms with Crippen molar-refractivity contribution in [2.75, 3.05) is 23.4 Å². The number of ether oxygens (including phenoxy) is 2. The Bertz CT molecular complexity index is 1080. The number of hydrogen-bond donors (Lipinski definition) is 1. The highest BCUT2D eigenvalue weighted by Gasteiger charge is 2.67. The van der Waals surface area contributed by atoms with Crippen LogP contribution in [0.25, 0.3) is 0 Å². The summed E-state index contributed by atoms with van der Waals surface area (Å²) in [5.41, 5.74) is 0.832. The van der Waals surface area contributed by atoms with Crippen LogP contribution in [0.4, 0.5) is 11.4 Å². The Labute approximate surface area is 179 Å². The van der Waals surface area contributed by atoms with Crippen LogP contribution in [0.1, 0.15) is 17.3 Å². The molecule has 4 atom stereocenters. The Morgan fingerprint density at radius 1 is 1.19 bits per heavy atom. The predicted molar refractivity (Wildman–Crippen MR) is 114 cm³/mol. The van der Waals surface area contributed by atoms with Gasteiger partial charge in [0.2, 0.25) is 11.8 Å². The van der Waals surface area contributed by atoms with E-state index in [9.17, 15) is 14.4 Å². The van der Waals surface area contributed by atoms with Crippen molar-refractivity contribution < 1.29 is 23.9 Å². The Balaban J connectivity index is 1.38. The second-order valence-electron chi connectivity index (χ2n) is 7.95. The van der Waals surface area contributed by atoms with Gasteiger partial charge in [-0.05, 0) is 37.3 Å². The van der Waals surface area contributed by atoms with E-state index < -0.39 is 29.5 Å². The molecule has 2 aromatic rings. The third kappa shape index (κ3) is 3.13. The van der Waals surface area contributed by atoms with Crippen molar-refractivity contribution in [1.82, 2.24) is 0 Å². The van der Waals surface area contributed by atoms with E-state index in [0.29, 0.717) is 17.8 Å². The topological polar surface area (TPSA) is 84.9 Å². The number of carbonyl (C=O) groups excluding carboxylic acids is 3. The largest absolute Gasteiger partial charge is 0.462 e. The number of amides is 2. The maximum absolute atomic E-state index is 13.3. The highest BCUT2D eigenvalue weighted by molar-refractivity contribution is 6.05. The number of para-hydroxylation sites is 1. The molecule has 2 aromatic carbocycles. The summed E-state index contributed by atoms with van der Waals surface area (Å²) >= 11 is 0. The minimum absolute atomic E-state index is 0.113. The van der Waals surface area contributed by atoms with Gasteiger partial charge in [-0.2, -0.15) is 0 Å². The molecule has 31 heavy (non-hydrogen) atoms. The van der Waals surface area contributed by atoms with E-state index in [1.807, 2.05) is 42.5 Å². The lowest BCUT2D eigenvalue weighted by atomic mass is 9.76. The lowest BCUT2D eigenvalue weighted by Gasteiger charge is -2.23. The van der Waals surface area contributed by atoms with Crippen LogP contribution in [0.2, 0.25) is 0 Å². The number of esters is 1. The standard InChI is InChI=1S/C24H22N2O5/c1-2-30-23(29)15-7-6-8-16(13-15)25-21(27)19-18-11-12-24(31-18)14-26(22(28)20(19)24)17-9-4-3-5-10-17/h3-13,18-20H,2,14H2,1H3,(H,25,27)/t18?,19?,20?,24-/m1/s1. The van der Waals surface area contributed by atoms with Gasteiger partial charge in [0, 0.05) is 11.4 Å². The zero-order valence-corrected chi connectivity index (χ0v) is 17.0. The second kappa shape index (κ2) is 7.35. The van der Waals surface area contributed by atoms with Crippen molar-refractivity contribution >= 4 is 29.2 Å². The molecule has 5 rings (SSSR count). The van der Waals surface area contributed by atoms with Crippen molar-refractivity contribution in [2.45, 2.75) is 18.6 Å². The summed E-state index contributed by atoms with van der Waals surface area (Å²) in [4.78, 5) is 40.2. The van der Waals surface area contributed by atoms with Crippen LogP contribution < -0.4 is 10.2 Å². The first-order valence-corrected chi connectivity index (χ1v) is 10.3. The average molecular weight is 418 g/mol. The Kier molecular flexibility index (Phi) is 4.63. The van der Waals surface area contributed by atoms with Crippen molar-refractivity contribution in [3.05, 3.63) is 72.3 Å². The van der Waals surface area contributed by atoms with Gasteiger partial charge in [-0.3, -0.25) is 9.59 Å². The Hall–Kier alpha value is -3.45. The molecule has 1 N–H and O–H groups in total. The third-order valence-electron chi connectivity index (χ3n) is 6.11. The summed E-state index contributed by atoms with van der Waals surface area (Å²) in [6.45, 7) is 2.39. The number of nitrogens with one attached hydrogen (secondary N) is 1. The van der Waals surface area contributed by atoms with Gasteiger partial charge < -0.3 is 19.7 Å². The quantitative estimate of drug-likeness (QED) is 0.596. The van der Waals surface area contributed by atoms with E-state index in [1.165, 1.54) is 0 Å². The molecule has 3 aliphatic heterocycles. The third-order valence-corrected chi connectivity index (χ3v) is 6.11. The maximum atomic E-state index is 13.3. The first-order valence-electron chi connectivity index (χ1n) is 10.3. The van der Waals surface area contributed by atoms with Gasteiger partial charge in [0.25, 0.3) is 0 Å². The van der Waals surface area contributed by atoms with Crippen molar-refractivity contribution in [3.63, 3.8) is 0 Å². The molecule has 0 aliphatic carbocycles. The van der Waals surface area contributed by atoms with E-state index in [2.05, 4.69) is 5.32 Å². The molecule has 2 amide bonds. The van der Waals surface area contributed by atoms with E-state index in [0.717, 1.165) is 5.69 Å². The molecule has 3 heterocycles.